The van der Waals surface area contributed by atoms with E-state index < -0.39 is 0 Å². The van der Waals surface area contributed by atoms with Crippen molar-refractivity contribution >= 4 is 22.8 Å². The van der Waals surface area contributed by atoms with Gasteiger partial charge in [0.15, 0.2) is 5.65 Å². The van der Waals surface area contributed by atoms with Gasteiger partial charge in [0.25, 0.3) is 0 Å². The molecule has 1 saturated heterocycles. The summed E-state index contributed by atoms with van der Waals surface area (Å²) in [6.07, 6.45) is 8.15. The molecule has 7 heteroatoms. The van der Waals surface area contributed by atoms with Crippen LogP contribution in [0.25, 0.3) is 16.7 Å². The number of rotatable bonds is 5. The van der Waals surface area contributed by atoms with E-state index in [0.717, 1.165) is 97.3 Å². The van der Waals surface area contributed by atoms with E-state index in [1.54, 1.807) is 0 Å². The van der Waals surface area contributed by atoms with Gasteiger partial charge in [-0.1, -0.05) is 48.5 Å². The maximum atomic E-state index is 14.0. The van der Waals surface area contributed by atoms with E-state index in [1.807, 2.05) is 28.9 Å². The van der Waals surface area contributed by atoms with Crippen LogP contribution in [-0.4, -0.2) is 56.7 Å². The highest BCUT2D eigenvalue weighted by molar-refractivity contribution is 5.91. The highest BCUT2D eigenvalue weighted by Gasteiger charge is 2.55. The molecule has 3 heterocycles. The van der Waals surface area contributed by atoms with Crippen LogP contribution >= 0.6 is 0 Å². The van der Waals surface area contributed by atoms with Gasteiger partial charge in [0.05, 0.1) is 22.2 Å². The zero-order chi connectivity index (χ0) is 27.6. The van der Waals surface area contributed by atoms with Crippen molar-refractivity contribution in [3.8, 4) is 5.69 Å². The molecule has 9 rings (SSSR count). The number of nitrogens with zero attached hydrogens (tertiary/aromatic N) is 6. The first-order chi connectivity index (χ1) is 20.0. The van der Waals surface area contributed by atoms with Crippen LogP contribution in [0.4, 0.5) is 5.82 Å². The summed E-state index contributed by atoms with van der Waals surface area (Å²) in [5, 5.41) is 5.94. The van der Waals surface area contributed by atoms with E-state index in [9.17, 15) is 4.79 Å². The second-order valence-corrected chi connectivity index (χ2v) is 13.1. The Labute approximate surface area is 241 Å². The molecule has 2 aromatic heterocycles. The van der Waals surface area contributed by atoms with E-state index in [1.165, 1.54) is 24.8 Å². The monoisotopic (exact) mass is 546 g/mol. The van der Waals surface area contributed by atoms with Crippen LogP contribution in [0.15, 0.2) is 60.7 Å². The molecular formula is C34H38N6O. The van der Waals surface area contributed by atoms with E-state index in [2.05, 4.69) is 53.1 Å². The van der Waals surface area contributed by atoms with Gasteiger partial charge in [-0.3, -0.25) is 4.79 Å². The maximum Gasteiger partial charge on any atom is 0.228 e. The largest absolute Gasteiger partial charge is 0.352 e. The maximum absolute atomic E-state index is 14.0. The van der Waals surface area contributed by atoms with Crippen LogP contribution in [0.2, 0.25) is 0 Å². The second-order valence-electron chi connectivity index (χ2n) is 13.1. The quantitative estimate of drug-likeness (QED) is 0.327. The molecular weight excluding hydrogens is 508 g/mol. The fourth-order valence-corrected chi connectivity index (χ4v) is 8.87. The van der Waals surface area contributed by atoms with Crippen LogP contribution < -0.4 is 4.90 Å². The molecule has 5 aliphatic rings. The lowest BCUT2D eigenvalue weighted by atomic mass is 9.49. The summed E-state index contributed by atoms with van der Waals surface area (Å²) >= 11 is 0. The SMILES string of the molecule is Cc1nn(-c2ccccc2)c2nc(Cc3ccccc3)nc(N3CCN(C(=O)C45CC6CC(CC(C6)C4)C5)CC3)c12. The fraction of sp³-hybridized carbons (Fsp3) is 0.471. The number of carbonyl (C=O) groups excluding carboxylic acids is 1. The van der Waals surface area contributed by atoms with Crippen molar-refractivity contribution in [2.75, 3.05) is 31.1 Å². The Kier molecular flexibility index (Phi) is 5.90. The van der Waals surface area contributed by atoms with Crippen molar-refractivity contribution in [2.24, 2.45) is 23.2 Å². The number of aromatic nitrogens is 4. The summed E-state index contributed by atoms with van der Waals surface area (Å²) < 4.78 is 1.96. The van der Waals surface area contributed by atoms with E-state index >= 15 is 0 Å². The molecule has 210 valence electrons. The number of amides is 1. The Hall–Kier alpha value is -3.74. The van der Waals surface area contributed by atoms with Crippen LogP contribution in [-0.2, 0) is 11.2 Å². The molecule has 0 unspecified atom stereocenters. The van der Waals surface area contributed by atoms with Crippen LogP contribution in [0, 0.1) is 30.1 Å². The predicted octanol–water partition coefficient (Wildman–Crippen LogP) is 5.58. The topological polar surface area (TPSA) is 67.2 Å². The second kappa shape index (κ2) is 9.68. The average Bonchev–Trinajstić information content (AvgIpc) is 3.33. The molecule has 0 radical (unpaired) electrons. The molecule has 4 aromatic rings. The van der Waals surface area contributed by atoms with Gasteiger partial charge >= 0.3 is 0 Å². The third kappa shape index (κ3) is 4.32. The van der Waals surface area contributed by atoms with Gasteiger partial charge in [0.1, 0.15) is 11.6 Å². The van der Waals surface area contributed by atoms with Crippen molar-refractivity contribution in [2.45, 2.75) is 51.9 Å². The van der Waals surface area contributed by atoms with Gasteiger partial charge in [-0.15, -0.1) is 0 Å². The van der Waals surface area contributed by atoms with Crippen LogP contribution in [0.3, 0.4) is 0 Å². The lowest BCUT2D eigenvalue weighted by molar-refractivity contribution is -0.158. The Morgan fingerprint density at radius 1 is 0.829 bits per heavy atom. The number of anilines is 1. The molecule has 0 N–H and O–H groups in total. The third-order valence-electron chi connectivity index (χ3n) is 10.3. The predicted molar refractivity (Wildman–Crippen MR) is 160 cm³/mol. The minimum absolute atomic E-state index is 0.0740. The molecule has 5 fully saturated rings. The number of hydrogen-bond donors (Lipinski definition) is 0. The number of benzene rings is 2. The number of fused-ring (bicyclic) bond motifs is 1. The molecule has 0 spiro atoms. The minimum Gasteiger partial charge on any atom is -0.352 e. The van der Waals surface area contributed by atoms with Gasteiger partial charge in [0, 0.05) is 32.6 Å². The Morgan fingerprint density at radius 2 is 1.44 bits per heavy atom. The van der Waals surface area contributed by atoms with E-state index in [4.69, 9.17) is 15.1 Å². The Balaban J connectivity index is 1.10. The smallest absolute Gasteiger partial charge is 0.228 e. The highest BCUT2D eigenvalue weighted by atomic mass is 16.2. The first-order valence-electron chi connectivity index (χ1n) is 15.4. The van der Waals surface area contributed by atoms with Gasteiger partial charge in [0.2, 0.25) is 5.91 Å². The van der Waals surface area contributed by atoms with Crippen LogP contribution in [0.5, 0.6) is 0 Å². The van der Waals surface area contributed by atoms with Crippen molar-refractivity contribution in [3.63, 3.8) is 0 Å². The first kappa shape index (κ1) is 25.0. The number of hydrogen-bond acceptors (Lipinski definition) is 5. The molecule has 0 atom stereocenters. The fourth-order valence-electron chi connectivity index (χ4n) is 8.87. The van der Waals surface area contributed by atoms with Gasteiger partial charge in [-0.05, 0) is 80.9 Å². The molecule has 4 saturated carbocycles. The number of carbonyl (C=O) groups is 1. The summed E-state index contributed by atoms with van der Waals surface area (Å²) in [6, 6.07) is 20.6. The zero-order valence-electron chi connectivity index (χ0n) is 23.9. The molecule has 1 amide bonds. The minimum atomic E-state index is -0.0740. The molecule has 41 heavy (non-hydrogen) atoms. The van der Waals surface area contributed by atoms with E-state index in [-0.39, 0.29) is 5.41 Å². The lowest BCUT2D eigenvalue weighted by Crippen LogP contribution is -2.58. The van der Waals surface area contributed by atoms with Crippen molar-refractivity contribution in [1.82, 2.24) is 24.6 Å². The summed E-state index contributed by atoms with van der Waals surface area (Å²) in [5.74, 6) is 4.54. The zero-order valence-corrected chi connectivity index (χ0v) is 23.9. The highest BCUT2D eigenvalue weighted by Crippen LogP contribution is 2.60. The number of aryl methyl sites for hydroxylation is 1. The number of piperazine rings is 1. The summed E-state index contributed by atoms with van der Waals surface area (Å²) in [6.45, 7) is 5.13. The summed E-state index contributed by atoms with van der Waals surface area (Å²) in [7, 11) is 0. The van der Waals surface area contributed by atoms with E-state index in [0.29, 0.717) is 12.3 Å². The summed E-state index contributed by atoms with van der Waals surface area (Å²) in [5.41, 5.74) is 3.88. The van der Waals surface area contributed by atoms with Gasteiger partial charge in [-0.25, -0.2) is 14.6 Å². The van der Waals surface area contributed by atoms with Gasteiger partial charge in [-0.2, -0.15) is 5.10 Å². The molecule has 2 aromatic carbocycles. The van der Waals surface area contributed by atoms with Crippen molar-refractivity contribution < 1.29 is 4.79 Å². The van der Waals surface area contributed by atoms with Gasteiger partial charge < -0.3 is 9.80 Å². The number of para-hydroxylation sites is 1. The van der Waals surface area contributed by atoms with Crippen molar-refractivity contribution in [3.05, 3.63) is 77.7 Å². The third-order valence-corrected chi connectivity index (χ3v) is 10.3. The van der Waals surface area contributed by atoms with Crippen LogP contribution in [0.1, 0.15) is 55.6 Å². The molecule has 7 nitrogen and oxygen atoms in total. The molecule has 1 aliphatic heterocycles. The molecule has 4 bridgehead atoms. The normalized spacial score (nSPS) is 27.1. The molecule has 4 aliphatic carbocycles. The lowest BCUT2D eigenvalue weighted by Gasteiger charge is -2.57. The Morgan fingerprint density at radius 3 is 2.07 bits per heavy atom. The first-order valence-corrected chi connectivity index (χ1v) is 15.4. The standard InChI is InChI=1S/C34H38N6O/c1-23-30-31(38-12-14-39(15-13-38)33(41)34-20-25-16-26(21-34)18-27(17-25)22-34)35-29(19-24-8-4-2-5-9-24)36-32(30)40(37-23)28-10-6-3-7-11-28/h2-11,25-27H,12-22H2,1H3. The average molecular weight is 547 g/mol. The Bertz CT molecular complexity index is 1550. The summed E-state index contributed by atoms with van der Waals surface area (Å²) in [4.78, 5) is 28.8. The van der Waals surface area contributed by atoms with Crippen molar-refractivity contribution in [1.29, 1.82) is 0 Å².